The maximum Gasteiger partial charge on any atom is 0.243 e. The Morgan fingerprint density at radius 3 is 2.35 bits per heavy atom. The van der Waals surface area contributed by atoms with E-state index in [4.69, 9.17) is 0 Å². The van der Waals surface area contributed by atoms with Crippen LogP contribution in [0.15, 0.2) is 48.5 Å². The predicted octanol–water partition coefficient (Wildman–Crippen LogP) is 4.41. The summed E-state index contributed by atoms with van der Waals surface area (Å²) in [4.78, 5) is 14.6. The molecule has 0 aliphatic heterocycles. The minimum absolute atomic E-state index is 0.0141. The third-order valence-corrected chi connectivity index (χ3v) is 3.98. The highest BCUT2D eigenvalue weighted by Gasteiger charge is 2.15. The standard InChI is InChI=1S/C20H26N2O/c1-5-17-8-6-7-9-19(17)21-20(23)14-22(15(2)3)18-12-10-16(4)11-13-18/h6-13,15H,5,14H2,1-4H3,(H,21,23). The highest BCUT2D eigenvalue weighted by Crippen LogP contribution is 2.19. The molecule has 2 rings (SSSR count). The third-order valence-electron chi connectivity index (χ3n) is 3.98. The number of aryl methyl sites for hydroxylation is 2. The summed E-state index contributed by atoms with van der Waals surface area (Å²) in [6.07, 6.45) is 0.905. The van der Waals surface area contributed by atoms with E-state index in [1.165, 1.54) is 5.56 Å². The van der Waals surface area contributed by atoms with Crippen LogP contribution < -0.4 is 10.2 Å². The lowest BCUT2D eigenvalue weighted by molar-refractivity contribution is -0.115. The van der Waals surface area contributed by atoms with Gasteiger partial charge in [0.1, 0.15) is 0 Å². The van der Waals surface area contributed by atoms with Gasteiger partial charge in [0.2, 0.25) is 5.91 Å². The zero-order chi connectivity index (χ0) is 16.8. The first-order valence-corrected chi connectivity index (χ1v) is 8.22. The molecule has 0 atom stereocenters. The van der Waals surface area contributed by atoms with E-state index in [1.807, 2.05) is 18.2 Å². The summed E-state index contributed by atoms with van der Waals surface area (Å²) in [6, 6.07) is 16.5. The molecular weight excluding hydrogens is 284 g/mol. The fourth-order valence-corrected chi connectivity index (χ4v) is 2.60. The molecule has 0 radical (unpaired) electrons. The van der Waals surface area contributed by atoms with Gasteiger partial charge >= 0.3 is 0 Å². The molecule has 0 unspecified atom stereocenters. The molecule has 0 heterocycles. The van der Waals surface area contributed by atoms with E-state index in [2.05, 4.69) is 68.2 Å². The minimum Gasteiger partial charge on any atom is -0.360 e. The van der Waals surface area contributed by atoms with Gasteiger partial charge in [-0.2, -0.15) is 0 Å². The summed E-state index contributed by atoms with van der Waals surface area (Å²) < 4.78 is 0. The van der Waals surface area contributed by atoms with Crippen molar-refractivity contribution in [1.82, 2.24) is 0 Å². The Balaban J connectivity index is 2.11. The molecule has 2 aromatic carbocycles. The molecule has 3 heteroatoms. The van der Waals surface area contributed by atoms with E-state index < -0.39 is 0 Å². The summed E-state index contributed by atoms with van der Waals surface area (Å²) in [7, 11) is 0. The van der Waals surface area contributed by atoms with Crippen LogP contribution >= 0.6 is 0 Å². The van der Waals surface area contributed by atoms with Crippen molar-refractivity contribution in [3.8, 4) is 0 Å². The van der Waals surface area contributed by atoms with Gasteiger partial charge in [-0.1, -0.05) is 42.8 Å². The zero-order valence-electron chi connectivity index (χ0n) is 14.5. The number of carbonyl (C=O) groups is 1. The lowest BCUT2D eigenvalue weighted by Crippen LogP contribution is -2.38. The van der Waals surface area contributed by atoms with Crippen molar-refractivity contribution in [2.24, 2.45) is 0 Å². The fourth-order valence-electron chi connectivity index (χ4n) is 2.60. The number of nitrogens with zero attached hydrogens (tertiary/aromatic N) is 1. The van der Waals surface area contributed by atoms with E-state index in [1.54, 1.807) is 0 Å². The molecule has 1 amide bonds. The zero-order valence-corrected chi connectivity index (χ0v) is 14.5. The molecule has 1 N–H and O–H groups in total. The number of carbonyl (C=O) groups excluding carboxylic acids is 1. The maximum absolute atomic E-state index is 12.5. The van der Waals surface area contributed by atoms with Crippen molar-refractivity contribution in [1.29, 1.82) is 0 Å². The SMILES string of the molecule is CCc1ccccc1NC(=O)CN(c1ccc(C)cc1)C(C)C. The number of hydrogen-bond donors (Lipinski definition) is 1. The molecule has 23 heavy (non-hydrogen) atoms. The summed E-state index contributed by atoms with van der Waals surface area (Å²) >= 11 is 0. The van der Waals surface area contributed by atoms with Crippen LogP contribution in [0.5, 0.6) is 0 Å². The first kappa shape index (κ1) is 17.1. The molecule has 0 bridgehead atoms. The van der Waals surface area contributed by atoms with Crippen molar-refractivity contribution in [3.63, 3.8) is 0 Å². The highest BCUT2D eigenvalue weighted by molar-refractivity contribution is 5.94. The normalized spacial score (nSPS) is 10.7. The number of rotatable bonds is 6. The second kappa shape index (κ2) is 7.82. The predicted molar refractivity (Wildman–Crippen MR) is 98.1 cm³/mol. The first-order valence-electron chi connectivity index (χ1n) is 8.22. The molecule has 0 aliphatic carbocycles. The molecule has 0 fully saturated rings. The van der Waals surface area contributed by atoms with Crippen LogP contribution in [-0.2, 0) is 11.2 Å². The molecule has 2 aromatic rings. The van der Waals surface area contributed by atoms with Gasteiger partial charge in [0.05, 0.1) is 6.54 Å². The van der Waals surface area contributed by atoms with Crippen LogP contribution in [-0.4, -0.2) is 18.5 Å². The molecule has 122 valence electrons. The largest absolute Gasteiger partial charge is 0.360 e. The highest BCUT2D eigenvalue weighted by atomic mass is 16.2. The van der Waals surface area contributed by atoms with Crippen molar-refractivity contribution < 1.29 is 4.79 Å². The number of para-hydroxylation sites is 1. The number of anilines is 2. The Kier molecular flexibility index (Phi) is 5.80. The number of benzene rings is 2. The maximum atomic E-state index is 12.5. The monoisotopic (exact) mass is 310 g/mol. The number of hydrogen-bond acceptors (Lipinski definition) is 2. The average Bonchev–Trinajstić information content (AvgIpc) is 2.54. The van der Waals surface area contributed by atoms with Gasteiger partial charge in [0.25, 0.3) is 0 Å². The van der Waals surface area contributed by atoms with Gasteiger partial charge in [-0.15, -0.1) is 0 Å². The quantitative estimate of drug-likeness (QED) is 0.857. The van der Waals surface area contributed by atoms with Gasteiger partial charge in [-0.05, 0) is 51.0 Å². The Hall–Kier alpha value is -2.29. The molecular formula is C20H26N2O. The Labute approximate surface area is 139 Å². The summed E-state index contributed by atoms with van der Waals surface area (Å²) in [6.45, 7) is 8.72. The third kappa shape index (κ3) is 4.59. The van der Waals surface area contributed by atoms with Gasteiger partial charge in [-0.25, -0.2) is 0 Å². The second-order valence-corrected chi connectivity index (χ2v) is 6.12. The molecule has 0 aliphatic rings. The molecule has 3 nitrogen and oxygen atoms in total. The van der Waals surface area contributed by atoms with Crippen LogP contribution in [0.1, 0.15) is 31.9 Å². The van der Waals surface area contributed by atoms with Crippen LogP contribution in [0, 0.1) is 6.92 Å². The van der Waals surface area contributed by atoms with Crippen LogP contribution in [0.25, 0.3) is 0 Å². The Morgan fingerprint density at radius 1 is 1.09 bits per heavy atom. The van der Waals surface area contributed by atoms with E-state index in [0.717, 1.165) is 23.4 Å². The van der Waals surface area contributed by atoms with Crippen molar-refractivity contribution >= 4 is 17.3 Å². The second-order valence-electron chi connectivity index (χ2n) is 6.12. The van der Waals surface area contributed by atoms with Gasteiger partial charge in [0.15, 0.2) is 0 Å². The molecule has 0 aromatic heterocycles. The van der Waals surface area contributed by atoms with Crippen LogP contribution in [0.4, 0.5) is 11.4 Å². The van der Waals surface area contributed by atoms with E-state index in [0.29, 0.717) is 6.54 Å². The average molecular weight is 310 g/mol. The Bertz CT molecular complexity index is 647. The van der Waals surface area contributed by atoms with Gasteiger partial charge < -0.3 is 10.2 Å². The topological polar surface area (TPSA) is 32.3 Å². The lowest BCUT2D eigenvalue weighted by atomic mass is 10.1. The molecule has 0 saturated heterocycles. The smallest absolute Gasteiger partial charge is 0.243 e. The minimum atomic E-state index is 0.0141. The molecule has 0 saturated carbocycles. The number of nitrogens with one attached hydrogen (secondary N) is 1. The van der Waals surface area contributed by atoms with Crippen LogP contribution in [0.2, 0.25) is 0 Å². The molecule has 0 spiro atoms. The van der Waals surface area contributed by atoms with Gasteiger partial charge in [-0.3, -0.25) is 4.79 Å². The summed E-state index contributed by atoms with van der Waals surface area (Å²) in [5.41, 5.74) is 4.36. The fraction of sp³-hybridized carbons (Fsp3) is 0.350. The van der Waals surface area contributed by atoms with E-state index in [-0.39, 0.29) is 11.9 Å². The summed E-state index contributed by atoms with van der Waals surface area (Å²) in [5, 5.41) is 3.05. The lowest BCUT2D eigenvalue weighted by Gasteiger charge is -2.28. The van der Waals surface area contributed by atoms with Crippen molar-refractivity contribution in [2.45, 2.75) is 40.2 Å². The summed E-state index contributed by atoms with van der Waals surface area (Å²) in [5.74, 6) is 0.0141. The van der Waals surface area contributed by atoms with Gasteiger partial charge in [0, 0.05) is 17.4 Å². The van der Waals surface area contributed by atoms with Crippen molar-refractivity contribution in [3.05, 3.63) is 59.7 Å². The van der Waals surface area contributed by atoms with Crippen molar-refractivity contribution in [2.75, 3.05) is 16.8 Å². The first-order chi connectivity index (χ1) is 11.0. The van der Waals surface area contributed by atoms with E-state index >= 15 is 0 Å². The number of amides is 1. The van der Waals surface area contributed by atoms with Crippen LogP contribution in [0.3, 0.4) is 0 Å². The Morgan fingerprint density at radius 2 is 1.74 bits per heavy atom. The van der Waals surface area contributed by atoms with E-state index in [9.17, 15) is 4.79 Å².